The van der Waals surface area contributed by atoms with Crippen LogP contribution in [0.2, 0.25) is 0 Å². The Hall–Kier alpha value is -2.14. The van der Waals surface area contributed by atoms with Gasteiger partial charge in [-0.1, -0.05) is 41.1 Å². The average molecular weight is 477 g/mol. The van der Waals surface area contributed by atoms with E-state index in [0.717, 1.165) is 16.6 Å². The molecule has 0 aliphatic heterocycles. The van der Waals surface area contributed by atoms with Crippen molar-refractivity contribution in [2.45, 2.75) is 38.7 Å². The molecule has 30 heavy (non-hydrogen) atoms. The fraction of sp³-hybridized carbons (Fsp3) is 0.458. The van der Waals surface area contributed by atoms with Gasteiger partial charge in [-0.05, 0) is 55.0 Å². The quantitative estimate of drug-likeness (QED) is 0.230. The lowest BCUT2D eigenvalue weighted by molar-refractivity contribution is -0.150. The van der Waals surface area contributed by atoms with Crippen LogP contribution < -0.4 is 4.74 Å². The van der Waals surface area contributed by atoms with E-state index in [1.807, 2.05) is 30.3 Å². The van der Waals surface area contributed by atoms with Gasteiger partial charge in [-0.3, -0.25) is 4.79 Å². The second kappa shape index (κ2) is 12.5. The number of allylic oxidation sites excluding steroid dienone is 1. The number of benzene rings is 1. The van der Waals surface area contributed by atoms with Gasteiger partial charge in [0, 0.05) is 23.2 Å². The molecule has 0 bridgehead atoms. The van der Waals surface area contributed by atoms with Gasteiger partial charge in [0.15, 0.2) is 6.10 Å². The van der Waals surface area contributed by atoms with Crippen LogP contribution in [0.25, 0.3) is 0 Å². The topological polar surface area (TPSA) is 72.8 Å². The Labute approximate surface area is 186 Å². The number of carbonyl (C=O) groups is 2. The van der Waals surface area contributed by atoms with E-state index < -0.39 is 12.1 Å². The van der Waals surface area contributed by atoms with Crippen LogP contribution in [0.1, 0.15) is 32.6 Å². The van der Waals surface area contributed by atoms with Crippen LogP contribution in [-0.4, -0.2) is 36.7 Å². The van der Waals surface area contributed by atoms with Crippen LogP contribution in [0.15, 0.2) is 58.8 Å². The molecule has 1 aliphatic rings. The van der Waals surface area contributed by atoms with Gasteiger partial charge in [0.05, 0.1) is 13.7 Å². The second-order valence-corrected chi connectivity index (χ2v) is 8.36. The smallest absolute Gasteiger partial charge is 0.335 e. The van der Waals surface area contributed by atoms with E-state index in [-0.39, 0.29) is 24.0 Å². The third-order valence-corrected chi connectivity index (χ3v) is 5.68. The van der Waals surface area contributed by atoms with Crippen molar-refractivity contribution < 1.29 is 24.2 Å². The summed E-state index contributed by atoms with van der Waals surface area (Å²) in [6.07, 6.45) is 8.55. The first-order chi connectivity index (χ1) is 14.4. The summed E-state index contributed by atoms with van der Waals surface area (Å²) in [5.74, 6) is 0.880. The fourth-order valence-electron chi connectivity index (χ4n) is 3.57. The van der Waals surface area contributed by atoms with Gasteiger partial charge in [-0.15, -0.1) is 5.73 Å². The maximum absolute atomic E-state index is 12.4. The zero-order chi connectivity index (χ0) is 21.9. The fourth-order valence-corrected chi connectivity index (χ4v) is 3.95. The van der Waals surface area contributed by atoms with Crippen LogP contribution in [-0.2, 0) is 14.3 Å². The highest BCUT2D eigenvalue weighted by atomic mass is 79.9. The van der Waals surface area contributed by atoms with Crippen LogP contribution in [0.4, 0.5) is 0 Å². The van der Waals surface area contributed by atoms with Gasteiger partial charge in [0.2, 0.25) is 0 Å². The highest BCUT2D eigenvalue weighted by molar-refractivity contribution is 9.10. The lowest BCUT2D eigenvalue weighted by Gasteiger charge is -2.16. The summed E-state index contributed by atoms with van der Waals surface area (Å²) in [7, 11) is 1.23. The van der Waals surface area contributed by atoms with E-state index in [4.69, 9.17) is 4.74 Å². The predicted octanol–water partition coefficient (Wildman–Crippen LogP) is 4.64. The van der Waals surface area contributed by atoms with E-state index in [2.05, 4.69) is 45.5 Å². The number of aliphatic hydroxyl groups is 1. The summed E-state index contributed by atoms with van der Waals surface area (Å²) < 4.78 is 11.2. The Balaban J connectivity index is 1.83. The number of hydrogen-bond acceptors (Lipinski definition) is 5. The van der Waals surface area contributed by atoms with Crippen molar-refractivity contribution in [3.63, 3.8) is 0 Å². The number of aliphatic hydroxyl groups excluding tert-OH is 1. The predicted molar refractivity (Wildman–Crippen MR) is 119 cm³/mol. The molecule has 1 fully saturated rings. The van der Waals surface area contributed by atoms with Crippen molar-refractivity contribution >= 4 is 27.7 Å². The molecule has 0 aromatic heterocycles. The summed E-state index contributed by atoms with van der Waals surface area (Å²) in [6.45, 7) is 2.69. The molecule has 4 atom stereocenters. The summed E-state index contributed by atoms with van der Waals surface area (Å²) in [4.78, 5) is 23.5. The van der Waals surface area contributed by atoms with Crippen LogP contribution in [0.5, 0.6) is 5.75 Å². The molecule has 0 radical (unpaired) electrons. The van der Waals surface area contributed by atoms with E-state index in [1.54, 1.807) is 6.08 Å². The molecule has 1 aliphatic carbocycles. The van der Waals surface area contributed by atoms with Gasteiger partial charge in [0.25, 0.3) is 0 Å². The van der Waals surface area contributed by atoms with Gasteiger partial charge in [-0.25, -0.2) is 4.79 Å². The van der Waals surface area contributed by atoms with Crippen molar-refractivity contribution in [1.82, 2.24) is 0 Å². The first-order valence-electron chi connectivity index (χ1n) is 10.2. The van der Waals surface area contributed by atoms with Crippen molar-refractivity contribution in [1.29, 1.82) is 0 Å². The Kier molecular flexibility index (Phi) is 10.1. The van der Waals surface area contributed by atoms with Crippen molar-refractivity contribution in [2.75, 3.05) is 13.7 Å². The molecule has 1 aromatic rings. The van der Waals surface area contributed by atoms with Crippen LogP contribution >= 0.6 is 15.9 Å². The summed E-state index contributed by atoms with van der Waals surface area (Å²) >= 11 is 3.43. The largest absolute Gasteiger partial charge is 0.493 e. The monoisotopic (exact) mass is 476 g/mol. The number of ether oxygens (including phenoxy) is 2. The number of Topliss-reactive ketones (excluding diaryl/α,β-unsaturated/α-hetero) is 1. The van der Waals surface area contributed by atoms with Crippen molar-refractivity contribution in [2.24, 2.45) is 17.8 Å². The van der Waals surface area contributed by atoms with Crippen molar-refractivity contribution in [3.8, 4) is 5.75 Å². The number of ketones is 1. The molecule has 1 saturated carbocycles. The molecule has 6 heteroatoms. The molecule has 0 saturated heterocycles. The highest BCUT2D eigenvalue weighted by Gasteiger charge is 2.37. The number of rotatable bonds is 10. The van der Waals surface area contributed by atoms with E-state index in [1.165, 1.54) is 7.11 Å². The summed E-state index contributed by atoms with van der Waals surface area (Å²) in [5, 5.41) is 9.54. The third-order valence-electron chi connectivity index (χ3n) is 5.19. The number of carbonyl (C=O) groups excluding carboxylic acids is 2. The molecule has 162 valence electrons. The molecule has 0 heterocycles. The normalized spacial score (nSPS) is 21.9. The van der Waals surface area contributed by atoms with E-state index in [0.29, 0.717) is 25.4 Å². The maximum Gasteiger partial charge on any atom is 0.335 e. The van der Waals surface area contributed by atoms with Gasteiger partial charge in [-0.2, -0.15) is 0 Å². The molecule has 1 unspecified atom stereocenters. The Morgan fingerprint density at radius 1 is 1.40 bits per heavy atom. The molecular weight excluding hydrogens is 448 g/mol. The molecule has 2 rings (SSSR count). The Morgan fingerprint density at radius 2 is 2.20 bits per heavy atom. The summed E-state index contributed by atoms with van der Waals surface area (Å²) in [6, 6.07) is 7.74. The number of methoxy groups -OCH3 is 1. The zero-order valence-corrected chi connectivity index (χ0v) is 19.0. The van der Waals surface area contributed by atoms with E-state index in [9.17, 15) is 14.7 Å². The van der Waals surface area contributed by atoms with Gasteiger partial charge < -0.3 is 14.6 Å². The van der Waals surface area contributed by atoms with Crippen LogP contribution in [0, 0.1) is 17.8 Å². The average Bonchev–Trinajstić information content (AvgIpc) is 2.99. The van der Waals surface area contributed by atoms with Crippen LogP contribution in [0.3, 0.4) is 0 Å². The first kappa shape index (κ1) is 24.1. The number of halogens is 1. The lowest BCUT2D eigenvalue weighted by Crippen LogP contribution is -2.20. The minimum atomic E-state index is -1.18. The van der Waals surface area contributed by atoms with Gasteiger partial charge >= 0.3 is 5.97 Å². The second-order valence-electron chi connectivity index (χ2n) is 7.44. The standard InChI is InChI=1S/C24H29BrO5/c1-17-15-23(27)21(12-4-3-5-13-22(26)24(28)29-2)20(17)11-6-7-14-30-19-10-8-9-18(25)16-19/h4-6,8-11,16-17,20-22,26H,7,12-15H2,1-2H3/b11-6+/t3?,17-,20+,21-,22?/m1/s1. The molecule has 0 amide bonds. The first-order valence-corrected chi connectivity index (χ1v) is 10.9. The highest BCUT2D eigenvalue weighted by Crippen LogP contribution is 2.37. The lowest BCUT2D eigenvalue weighted by atomic mass is 9.87. The minimum Gasteiger partial charge on any atom is -0.493 e. The Bertz CT molecular complexity index is 810. The number of esters is 1. The molecule has 1 aromatic carbocycles. The van der Waals surface area contributed by atoms with Gasteiger partial charge in [0.1, 0.15) is 11.5 Å². The SMILES string of the molecule is COC(=O)C(O)CC=C=CC[C@H]1C(=O)C[C@@H](C)[C@@H]1/C=C/CCOc1cccc(Br)c1. The maximum atomic E-state index is 12.4. The third kappa shape index (κ3) is 7.60. The molecular formula is C24H29BrO5. The Morgan fingerprint density at radius 3 is 2.93 bits per heavy atom. The zero-order valence-electron chi connectivity index (χ0n) is 17.4. The molecule has 1 N–H and O–H groups in total. The molecule has 5 nitrogen and oxygen atoms in total. The minimum absolute atomic E-state index is 0.0614. The molecule has 0 spiro atoms. The van der Waals surface area contributed by atoms with E-state index >= 15 is 0 Å². The summed E-state index contributed by atoms with van der Waals surface area (Å²) in [5.41, 5.74) is 2.96. The van der Waals surface area contributed by atoms with Crippen molar-refractivity contribution in [3.05, 3.63) is 58.8 Å². The number of hydrogen-bond donors (Lipinski definition) is 1.